The predicted octanol–water partition coefficient (Wildman–Crippen LogP) is 13.2. The van der Waals surface area contributed by atoms with Gasteiger partial charge in [-0.25, -0.2) is 0 Å². The molecular weight excluding hydrogens is 774 g/mol. The van der Waals surface area contributed by atoms with Crippen LogP contribution in [0.1, 0.15) is 181 Å². The van der Waals surface area contributed by atoms with Gasteiger partial charge in [-0.3, -0.25) is 14.2 Å². The molecule has 2 atom stereocenters. The maximum atomic E-state index is 12.6. The zero-order valence-corrected chi connectivity index (χ0v) is 39.8. The van der Waals surface area contributed by atoms with Crippen LogP contribution in [0.3, 0.4) is 0 Å². The molecule has 0 aliphatic carbocycles. The second kappa shape index (κ2) is 41.8. The number of quaternary nitrogens is 1. The first-order valence-electron chi connectivity index (χ1n) is 23.6. The lowest BCUT2D eigenvalue weighted by molar-refractivity contribution is -0.870. The average molecular weight is 862 g/mol. The van der Waals surface area contributed by atoms with E-state index in [0.29, 0.717) is 23.9 Å². The van der Waals surface area contributed by atoms with E-state index in [9.17, 15) is 19.0 Å². The number of phosphoric acid groups is 1. The van der Waals surface area contributed by atoms with Gasteiger partial charge in [0.2, 0.25) is 0 Å². The van der Waals surface area contributed by atoms with Gasteiger partial charge in [0.15, 0.2) is 6.10 Å². The highest BCUT2D eigenvalue weighted by Gasteiger charge is 2.21. The van der Waals surface area contributed by atoms with Crippen molar-refractivity contribution in [2.45, 2.75) is 187 Å². The fraction of sp³-hybridized carbons (Fsp3) is 0.720. The molecule has 9 nitrogen and oxygen atoms in total. The molecule has 0 aliphatic heterocycles. The number of hydrogen-bond acceptors (Lipinski definition) is 8. The highest BCUT2D eigenvalue weighted by atomic mass is 31.2. The van der Waals surface area contributed by atoms with Crippen LogP contribution in [0.5, 0.6) is 0 Å². The largest absolute Gasteiger partial charge is 0.756 e. The molecule has 0 saturated carbocycles. The van der Waals surface area contributed by atoms with Crippen molar-refractivity contribution in [2.75, 3.05) is 47.5 Å². The van der Waals surface area contributed by atoms with Crippen LogP contribution in [0.2, 0.25) is 0 Å². The second-order valence-electron chi connectivity index (χ2n) is 16.8. The van der Waals surface area contributed by atoms with Gasteiger partial charge in [-0.1, -0.05) is 177 Å². The van der Waals surface area contributed by atoms with Gasteiger partial charge in [-0.2, -0.15) is 0 Å². The Morgan fingerprint density at radius 1 is 0.550 bits per heavy atom. The van der Waals surface area contributed by atoms with Crippen LogP contribution in [0.15, 0.2) is 72.9 Å². The van der Waals surface area contributed by atoms with Crippen molar-refractivity contribution in [3.8, 4) is 0 Å². The van der Waals surface area contributed by atoms with Gasteiger partial charge < -0.3 is 27.9 Å². The van der Waals surface area contributed by atoms with E-state index < -0.39 is 32.5 Å². The molecule has 2 unspecified atom stereocenters. The monoisotopic (exact) mass is 862 g/mol. The molecule has 0 heterocycles. The summed E-state index contributed by atoms with van der Waals surface area (Å²) in [7, 11) is 1.10. The molecule has 0 N–H and O–H groups in total. The lowest BCUT2D eigenvalue weighted by Crippen LogP contribution is -2.37. The minimum atomic E-state index is -4.65. The summed E-state index contributed by atoms with van der Waals surface area (Å²) in [4.78, 5) is 37.5. The maximum Gasteiger partial charge on any atom is 0.310 e. The maximum absolute atomic E-state index is 12.6. The molecule has 0 amide bonds. The summed E-state index contributed by atoms with van der Waals surface area (Å²) < 4.78 is 33.8. The quantitative estimate of drug-likeness (QED) is 0.0196. The number of phosphoric ester groups is 1. The number of hydrogen-bond donors (Lipinski definition) is 0. The molecule has 0 aromatic carbocycles. The Kier molecular flexibility index (Phi) is 40.0. The normalized spacial score (nSPS) is 14.2. The summed E-state index contributed by atoms with van der Waals surface area (Å²) in [5.41, 5.74) is 0. The fourth-order valence-corrected chi connectivity index (χ4v) is 6.81. The van der Waals surface area contributed by atoms with Crippen LogP contribution in [-0.4, -0.2) is 70.0 Å². The zero-order chi connectivity index (χ0) is 44.3. The van der Waals surface area contributed by atoms with E-state index in [1.165, 1.54) is 96.3 Å². The highest BCUT2D eigenvalue weighted by Crippen LogP contribution is 2.38. The van der Waals surface area contributed by atoms with E-state index in [0.717, 1.165) is 44.9 Å². The van der Waals surface area contributed by atoms with Crippen molar-refractivity contribution in [3.05, 3.63) is 72.9 Å². The lowest BCUT2D eigenvalue weighted by atomic mass is 10.1. The number of nitrogens with zero attached hydrogens (tertiary/aromatic N) is 1. The Labute approximate surface area is 368 Å². The Balaban J connectivity index is 4.38. The fourth-order valence-electron chi connectivity index (χ4n) is 6.08. The third-order valence-corrected chi connectivity index (χ3v) is 10.7. The summed E-state index contributed by atoms with van der Waals surface area (Å²) in [5, 5.41) is 0. The molecular formula is C50H88NO8P. The topological polar surface area (TPSA) is 111 Å². The van der Waals surface area contributed by atoms with Gasteiger partial charge in [-0.15, -0.1) is 0 Å². The van der Waals surface area contributed by atoms with Crippen molar-refractivity contribution in [2.24, 2.45) is 0 Å². The summed E-state index contributed by atoms with van der Waals surface area (Å²) in [6.45, 7) is 3.99. The average Bonchev–Trinajstić information content (AvgIpc) is 3.20. The number of unbranched alkanes of at least 4 members (excludes halogenated alkanes) is 17. The second-order valence-corrected chi connectivity index (χ2v) is 18.2. The molecule has 0 aliphatic rings. The SMILES string of the molecule is CC/C=C\C/C=C\C/C=C\C/C=C\C/C=C\CC(=O)OC(COC(=O)CCCCCCCCCCC/C=C\CCCCCCCCCC)COP(=O)([O-])OCC[N+](C)(C)C. The zero-order valence-electron chi connectivity index (χ0n) is 38.9. The van der Waals surface area contributed by atoms with Gasteiger partial charge >= 0.3 is 11.9 Å². The van der Waals surface area contributed by atoms with Gasteiger partial charge in [0.25, 0.3) is 7.82 Å². The highest BCUT2D eigenvalue weighted by molar-refractivity contribution is 7.45. The molecule has 60 heavy (non-hydrogen) atoms. The van der Waals surface area contributed by atoms with E-state index in [-0.39, 0.29) is 26.1 Å². The van der Waals surface area contributed by atoms with Crippen molar-refractivity contribution in [1.82, 2.24) is 0 Å². The summed E-state index contributed by atoms with van der Waals surface area (Å²) >= 11 is 0. The Hall–Kier alpha value is -2.55. The van der Waals surface area contributed by atoms with Gasteiger partial charge in [0.1, 0.15) is 19.8 Å². The number of esters is 2. The number of carbonyl (C=O) groups is 2. The lowest BCUT2D eigenvalue weighted by Gasteiger charge is -2.28. The first-order chi connectivity index (χ1) is 29.0. The third-order valence-electron chi connectivity index (χ3n) is 9.74. The van der Waals surface area contributed by atoms with Crippen molar-refractivity contribution in [1.29, 1.82) is 0 Å². The molecule has 346 valence electrons. The molecule has 10 heteroatoms. The van der Waals surface area contributed by atoms with E-state index in [1.54, 1.807) is 6.08 Å². The standard InChI is InChI=1S/C50H88NO8P/c1-6-8-10-12-14-16-18-20-22-23-24-25-26-27-29-30-32-34-36-38-40-42-49(52)56-46-48(47-58-60(54,55)57-45-44-51(3,4)5)59-50(53)43-41-39-37-35-33-31-28-21-19-17-15-13-11-9-7-2/h9,11,15,17,21,23-24,28,33,35,39,41,48H,6-8,10,12-14,16,18-20,22,25-27,29-32,34,36-38,40,42-47H2,1-5H3/b11-9-,17-15-,24-23-,28-21-,35-33-,41-39-. The number of likely N-dealkylation sites (N-methyl/N-ethyl adjacent to an activating group) is 1. The van der Waals surface area contributed by atoms with Crippen LogP contribution in [-0.2, 0) is 32.7 Å². The molecule has 0 bridgehead atoms. The first kappa shape index (κ1) is 57.4. The van der Waals surface area contributed by atoms with Crippen molar-refractivity contribution in [3.63, 3.8) is 0 Å². The van der Waals surface area contributed by atoms with Crippen LogP contribution in [0, 0.1) is 0 Å². The molecule has 0 aromatic rings. The van der Waals surface area contributed by atoms with Crippen LogP contribution >= 0.6 is 7.82 Å². The van der Waals surface area contributed by atoms with Gasteiger partial charge in [-0.05, 0) is 64.2 Å². The minimum Gasteiger partial charge on any atom is -0.756 e. The molecule has 0 saturated heterocycles. The molecule has 0 rings (SSSR count). The number of ether oxygens (including phenoxy) is 2. The Morgan fingerprint density at radius 2 is 1.00 bits per heavy atom. The van der Waals surface area contributed by atoms with Crippen molar-refractivity contribution >= 4 is 19.8 Å². The molecule has 0 aromatic heterocycles. The van der Waals surface area contributed by atoms with E-state index in [2.05, 4.69) is 68.5 Å². The smallest absolute Gasteiger partial charge is 0.310 e. The molecule has 0 spiro atoms. The Bertz CT molecular complexity index is 1250. The van der Waals surface area contributed by atoms with E-state index in [1.807, 2.05) is 33.3 Å². The number of carbonyl (C=O) groups excluding carboxylic acids is 2. The van der Waals surface area contributed by atoms with Gasteiger partial charge in [0.05, 0.1) is 34.2 Å². The number of allylic oxidation sites excluding steroid dienone is 11. The molecule has 0 radical (unpaired) electrons. The Morgan fingerprint density at radius 3 is 1.48 bits per heavy atom. The predicted molar refractivity (Wildman–Crippen MR) is 249 cm³/mol. The summed E-state index contributed by atoms with van der Waals surface area (Å²) in [6.07, 6.45) is 52.5. The minimum absolute atomic E-state index is 0.0101. The van der Waals surface area contributed by atoms with Crippen molar-refractivity contribution < 1.29 is 42.1 Å². The number of rotatable bonds is 42. The van der Waals surface area contributed by atoms with E-state index >= 15 is 0 Å². The molecule has 0 fully saturated rings. The third kappa shape index (κ3) is 45.0. The first-order valence-corrected chi connectivity index (χ1v) is 25.1. The van der Waals surface area contributed by atoms with Crippen LogP contribution < -0.4 is 4.89 Å². The van der Waals surface area contributed by atoms with Crippen LogP contribution in [0.4, 0.5) is 0 Å². The van der Waals surface area contributed by atoms with Crippen LogP contribution in [0.25, 0.3) is 0 Å². The summed E-state index contributed by atoms with van der Waals surface area (Å²) in [5.74, 6) is -0.987. The summed E-state index contributed by atoms with van der Waals surface area (Å²) in [6, 6.07) is 0. The van der Waals surface area contributed by atoms with E-state index in [4.69, 9.17) is 18.5 Å². The van der Waals surface area contributed by atoms with Gasteiger partial charge in [0, 0.05) is 6.42 Å².